The summed E-state index contributed by atoms with van der Waals surface area (Å²) in [6, 6.07) is 7.08. The van der Waals surface area contributed by atoms with E-state index >= 15 is 0 Å². The van der Waals surface area contributed by atoms with Crippen LogP contribution in [0.2, 0.25) is 5.02 Å². The van der Waals surface area contributed by atoms with Crippen molar-refractivity contribution < 1.29 is 14.3 Å². The second kappa shape index (κ2) is 9.58. The van der Waals surface area contributed by atoms with Gasteiger partial charge in [-0.15, -0.1) is 0 Å². The van der Waals surface area contributed by atoms with Gasteiger partial charge in [-0.2, -0.15) is 4.98 Å². The molecule has 1 N–H and O–H groups in total. The minimum Gasteiger partial charge on any atom is -0.480 e. The molecule has 10 heteroatoms. The number of anilines is 3. The van der Waals surface area contributed by atoms with Crippen LogP contribution in [0.3, 0.4) is 0 Å². The van der Waals surface area contributed by atoms with Crippen LogP contribution in [0.4, 0.5) is 17.5 Å². The van der Waals surface area contributed by atoms with Gasteiger partial charge in [-0.05, 0) is 30.7 Å². The zero-order valence-corrected chi connectivity index (χ0v) is 19.2. The van der Waals surface area contributed by atoms with Crippen LogP contribution in [0, 0.1) is 0 Å². The van der Waals surface area contributed by atoms with Crippen molar-refractivity contribution in [1.82, 2.24) is 14.5 Å². The summed E-state index contributed by atoms with van der Waals surface area (Å²) >= 11 is 6.32. The summed E-state index contributed by atoms with van der Waals surface area (Å²) in [5.74, 6) is 1.04. The molecule has 33 heavy (non-hydrogen) atoms. The summed E-state index contributed by atoms with van der Waals surface area (Å²) < 4.78 is 6.95. The van der Waals surface area contributed by atoms with Crippen LogP contribution in [0.15, 0.2) is 35.3 Å². The molecule has 1 aromatic carbocycles. The van der Waals surface area contributed by atoms with E-state index in [-0.39, 0.29) is 36.0 Å². The van der Waals surface area contributed by atoms with Crippen LogP contribution in [0.1, 0.15) is 26.2 Å². The largest absolute Gasteiger partial charge is 0.480 e. The maximum atomic E-state index is 12.6. The van der Waals surface area contributed by atoms with Gasteiger partial charge in [0.1, 0.15) is 11.6 Å². The number of ketones is 2. The average molecular weight is 470 g/mol. The van der Waals surface area contributed by atoms with E-state index in [1.165, 1.54) is 10.8 Å². The van der Waals surface area contributed by atoms with Gasteiger partial charge in [0.25, 0.3) is 5.56 Å². The van der Waals surface area contributed by atoms with Crippen LogP contribution in [0.25, 0.3) is 10.9 Å². The predicted molar refractivity (Wildman–Crippen MR) is 127 cm³/mol. The number of fused-ring (bicyclic) bond motifs is 1. The van der Waals surface area contributed by atoms with Crippen LogP contribution < -0.4 is 20.5 Å². The Morgan fingerprint density at radius 3 is 2.85 bits per heavy atom. The first kappa shape index (κ1) is 22.7. The fraction of sp³-hybridized carbons (Fsp3) is 0.348. The molecule has 172 valence electrons. The SMILES string of the molecule is CCC(=O)COc1cc2cc(Nc3nc(N4CCCC(=O)C4)ncc3Cl)ccc2n(C)c1=O. The molecular formula is C23H24ClN5O4. The van der Waals surface area contributed by atoms with Crippen molar-refractivity contribution in [3.8, 4) is 5.75 Å². The van der Waals surface area contributed by atoms with Gasteiger partial charge >= 0.3 is 0 Å². The number of nitrogens with one attached hydrogen (secondary N) is 1. The minimum atomic E-state index is -0.313. The zero-order chi connectivity index (χ0) is 23.5. The number of ether oxygens (including phenoxy) is 1. The normalized spacial score (nSPS) is 13.9. The molecule has 9 nitrogen and oxygen atoms in total. The van der Waals surface area contributed by atoms with Crippen LogP contribution in [-0.4, -0.2) is 45.8 Å². The van der Waals surface area contributed by atoms with E-state index in [1.54, 1.807) is 26.1 Å². The molecule has 3 aromatic rings. The standard InChI is InChI=1S/C23H24ClN5O4/c1-3-16(30)13-33-20-10-14-9-15(6-7-19(14)28(2)22(20)32)26-21-18(24)11-25-23(27-21)29-8-4-5-17(31)12-29/h6-7,9-11H,3-5,8,12-13H2,1-2H3,(H,25,26,27). The van der Waals surface area contributed by atoms with E-state index in [0.29, 0.717) is 47.4 Å². The molecule has 1 aliphatic rings. The molecule has 0 spiro atoms. The van der Waals surface area contributed by atoms with Crippen molar-refractivity contribution in [1.29, 1.82) is 0 Å². The Labute approximate surface area is 195 Å². The summed E-state index contributed by atoms with van der Waals surface area (Å²) in [4.78, 5) is 46.6. The van der Waals surface area contributed by atoms with Gasteiger partial charge in [0, 0.05) is 37.5 Å². The molecule has 0 amide bonds. The van der Waals surface area contributed by atoms with E-state index in [0.717, 1.165) is 11.8 Å². The lowest BCUT2D eigenvalue weighted by molar-refractivity contribution is -0.121. The van der Waals surface area contributed by atoms with Gasteiger partial charge in [0.15, 0.2) is 23.1 Å². The van der Waals surface area contributed by atoms with Gasteiger partial charge in [0.2, 0.25) is 5.95 Å². The van der Waals surface area contributed by atoms with Crippen molar-refractivity contribution in [2.45, 2.75) is 26.2 Å². The first-order chi connectivity index (χ1) is 15.9. The van der Waals surface area contributed by atoms with Crippen LogP contribution in [-0.2, 0) is 16.6 Å². The lowest BCUT2D eigenvalue weighted by atomic mass is 10.1. The minimum absolute atomic E-state index is 0.0859. The molecule has 0 bridgehead atoms. The predicted octanol–water partition coefficient (Wildman–Crippen LogP) is 3.25. The molecule has 0 atom stereocenters. The Morgan fingerprint density at radius 2 is 2.09 bits per heavy atom. The Kier molecular flexibility index (Phi) is 6.60. The Morgan fingerprint density at radius 1 is 1.27 bits per heavy atom. The number of nitrogens with zero attached hydrogens (tertiary/aromatic N) is 4. The topological polar surface area (TPSA) is 106 Å². The number of carbonyl (C=O) groups is 2. The maximum Gasteiger partial charge on any atom is 0.293 e. The lowest BCUT2D eigenvalue weighted by Crippen LogP contribution is -2.36. The van der Waals surface area contributed by atoms with Crippen molar-refractivity contribution in [2.75, 3.05) is 29.9 Å². The van der Waals surface area contributed by atoms with Crippen molar-refractivity contribution in [3.05, 3.63) is 45.8 Å². The summed E-state index contributed by atoms with van der Waals surface area (Å²) in [5.41, 5.74) is 1.09. The third-order valence-corrected chi connectivity index (χ3v) is 5.78. The van der Waals surface area contributed by atoms with Crippen molar-refractivity contribution >= 4 is 51.5 Å². The fourth-order valence-electron chi connectivity index (χ4n) is 3.64. The van der Waals surface area contributed by atoms with Crippen molar-refractivity contribution in [3.63, 3.8) is 0 Å². The number of Topliss-reactive ketones (excluding diaryl/α,β-unsaturated/α-hetero) is 2. The molecule has 0 radical (unpaired) electrons. The number of aryl methyl sites for hydroxylation is 1. The number of benzene rings is 1. The molecule has 0 aliphatic carbocycles. The van der Waals surface area contributed by atoms with Gasteiger partial charge in [-0.25, -0.2) is 4.98 Å². The number of piperidine rings is 1. The number of halogens is 1. The van der Waals surface area contributed by atoms with Gasteiger partial charge in [-0.1, -0.05) is 18.5 Å². The molecule has 1 aliphatic heterocycles. The van der Waals surface area contributed by atoms with E-state index in [2.05, 4.69) is 15.3 Å². The fourth-order valence-corrected chi connectivity index (χ4v) is 3.78. The molecule has 1 saturated heterocycles. The molecule has 2 aromatic heterocycles. The number of rotatable bonds is 7. The first-order valence-corrected chi connectivity index (χ1v) is 11.1. The number of aromatic nitrogens is 3. The van der Waals surface area contributed by atoms with Crippen LogP contribution >= 0.6 is 11.6 Å². The Balaban J connectivity index is 1.63. The lowest BCUT2D eigenvalue weighted by Gasteiger charge is -2.26. The second-order valence-electron chi connectivity index (χ2n) is 7.88. The summed E-state index contributed by atoms with van der Waals surface area (Å²) in [6.07, 6.45) is 3.19. The molecule has 0 saturated carbocycles. The Hall–Kier alpha value is -3.46. The number of hydrogen-bond donors (Lipinski definition) is 1. The third-order valence-electron chi connectivity index (χ3n) is 5.50. The quantitative estimate of drug-likeness (QED) is 0.562. The molecule has 4 rings (SSSR count). The maximum absolute atomic E-state index is 12.6. The van der Waals surface area contributed by atoms with E-state index in [1.807, 2.05) is 17.0 Å². The highest BCUT2D eigenvalue weighted by molar-refractivity contribution is 6.32. The second-order valence-corrected chi connectivity index (χ2v) is 8.29. The van der Waals surface area contributed by atoms with E-state index in [4.69, 9.17) is 16.3 Å². The summed E-state index contributed by atoms with van der Waals surface area (Å²) in [5, 5.41) is 4.27. The number of pyridine rings is 1. The highest BCUT2D eigenvalue weighted by Gasteiger charge is 2.20. The van der Waals surface area contributed by atoms with E-state index in [9.17, 15) is 14.4 Å². The Bertz CT molecular complexity index is 1290. The third kappa shape index (κ3) is 4.98. The van der Waals surface area contributed by atoms with Gasteiger partial charge in [0.05, 0.1) is 18.3 Å². The van der Waals surface area contributed by atoms with E-state index < -0.39 is 0 Å². The zero-order valence-electron chi connectivity index (χ0n) is 18.4. The van der Waals surface area contributed by atoms with Gasteiger partial charge < -0.3 is 19.5 Å². The molecule has 0 unspecified atom stereocenters. The molecule has 1 fully saturated rings. The molecule has 3 heterocycles. The van der Waals surface area contributed by atoms with Crippen LogP contribution in [0.5, 0.6) is 5.75 Å². The van der Waals surface area contributed by atoms with Gasteiger partial charge in [-0.3, -0.25) is 14.4 Å². The summed E-state index contributed by atoms with van der Waals surface area (Å²) in [7, 11) is 1.65. The summed E-state index contributed by atoms with van der Waals surface area (Å²) in [6.45, 7) is 2.59. The number of carbonyl (C=O) groups excluding carboxylic acids is 2. The molecular weight excluding hydrogens is 446 g/mol. The highest BCUT2D eigenvalue weighted by atomic mass is 35.5. The average Bonchev–Trinajstić information content (AvgIpc) is 2.81. The first-order valence-electron chi connectivity index (χ1n) is 10.7. The monoisotopic (exact) mass is 469 g/mol. The number of hydrogen-bond acceptors (Lipinski definition) is 8. The van der Waals surface area contributed by atoms with Crippen molar-refractivity contribution in [2.24, 2.45) is 7.05 Å². The smallest absolute Gasteiger partial charge is 0.293 e. The highest BCUT2D eigenvalue weighted by Crippen LogP contribution is 2.28.